The first-order valence-electron chi connectivity index (χ1n) is 4.24. The van der Waals surface area contributed by atoms with Gasteiger partial charge >= 0.3 is 0 Å². The van der Waals surface area contributed by atoms with Gasteiger partial charge < -0.3 is 0 Å². The highest BCUT2D eigenvalue weighted by Gasteiger charge is 2.22. The van der Waals surface area contributed by atoms with E-state index in [4.69, 9.17) is 0 Å². The third kappa shape index (κ3) is 1.33. The first-order valence-corrected chi connectivity index (χ1v) is 4.24. The lowest BCUT2D eigenvalue weighted by Gasteiger charge is -2.15. The Hall–Kier alpha value is -0.930. The molecule has 2 N–H and O–H groups in total. The topological polar surface area (TPSA) is 41.1 Å². The molecular formula is C9H12N2O. The summed E-state index contributed by atoms with van der Waals surface area (Å²) in [6.45, 7) is 1.89. The summed E-state index contributed by atoms with van der Waals surface area (Å²) in [7, 11) is 0. The lowest BCUT2D eigenvalue weighted by Crippen LogP contribution is -2.36. The van der Waals surface area contributed by atoms with Crippen molar-refractivity contribution in [3.8, 4) is 0 Å². The van der Waals surface area contributed by atoms with Crippen LogP contribution in [0.25, 0.3) is 0 Å². The van der Waals surface area contributed by atoms with Gasteiger partial charge in [0.25, 0.3) is 0 Å². The van der Waals surface area contributed by atoms with E-state index in [-0.39, 0.29) is 11.9 Å². The molecule has 0 atom stereocenters. The number of rotatable bonds is 1. The van der Waals surface area contributed by atoms with E-state index >= 15 is 0 Å². The molecule has 1 heterocycles. The van der Waals surface area contributed by atoms with E-state index in [9.17, 15) is 4.79 Å². The van der Waals surface area contributed by atoms with Crippen molar-refractivity contribution in [3.05, 3.63) is 23.8 Å². The van der Waals surface area contributed by atoms with Gasteiger partial charge in [0.1, 0.15) is 0 Å². The van der Waals surface area contributed by atoms with Gasteiger partial charge in [0.15, 0.2) is 5.78 Å². The Labute approximate surface area is 71.5 Å². The predicted octanol–water partition coefficient (Wildman–Crippen LogP) is -0.0393. The van der Waals surface area contributed by atoms with Crippen LogP contribution in [0.3, 0.4) is 0 Å². The molecule has 3 nitrogen and oxygen atoms in total. The summed E-state index contributed by atoms with van der Waals surface area (Å²) >= 11 is 0. The van der Waals surface area contributed by atoms with Crippen molar-refractivity contribution in [2.45, 2.75) is 12.6 Å². The molecular weight excluding hydrogens is 152 g/mol. The molecule has 1 aliphatic heterocycles. The van der Waals surface area contributed by atoms with Crippen LogP contribution in [0.2, 0.25) is 0 Å². The number of allylic oxidation sites excluding steroid dienone is 3. The van der Waals surface area contributed by atoms with Crippen LogP contribution in [0.5, 0.6) is 0 Å². The monoisotopic (exact) mass is 164 g/mol. The van der Waals surface area contributed by atoms with E-state index in [0.717, 1.165) is 18.7 Å². The first kappa shape index (κ1) is 7.71. The maximum absolute atomic E-state index is 11.4. The van der Waals surface area contributed by atoms with Gasteiger partial charge in [0.2, 0.25) is 0 Å². The van der Waals surface area contributed by atoms with Crippen molar-refractivity contribution < 1.29 is 4.79 Å². The Balaban J connectivity index is 2.14. The maximum Gasteiger partial charge on any atom is 0.165 e. The van der Waals surface area contributed by atoms with Gasteiger partial charge in [-0.25, -0.2) is 0 Å². The molecule has 1 fully saturated rings. The molecule has 0 aromatic heterocycles. The van der Waals surface area contributed by atoms with Crippen molar-refractivity contribution in [2.75, 3.05) is 13.1 Å². The van der Waals surface area contributed by atoms with E-state index in [1.54, 1.807) is 0 Å². The highest BCUT2D eigenvalue weighted by atomic mass is 16.1. The summed E-state index contributed by atoms with van der Waals surface area (Å²) in [4.78, 5) is 11.4. The van der Waals surface area contributed by atoms with Crippen molar-refractivity contribution in [1.29, 1.82) is 0 Å². The minimum Gasteiger partial charge on any atom is -0.297 e. The molecule has 1 aliphatic carbocycles. The fourth-order valence-corrected chi connectivity index (χ4v) is 1.54. The molecule has 2 rings (SSSR count). The summed E-state index contributed by atoms with van der Waals surface area (Å²) in [5.41, 5.74) is 0.870. The second-order valence-electron chi connectivity index (χ2n) is 3.02. The number of ketones is 1. The second kappa shape index (κ2) is 3.21. The minimum atomic E-state index is 0.0856. The number of carbonyl (C=O) groups is 1. The van der Waals surface area contributed by atoms with E-state index in [2.05, 4.69) is 10.6 Å². The fourth-order valence-electron chi connectivity index (χ4n) is 1.54. The van der Waals surface area contributed by atoms with Crippen LogP contribution in [-0.2, 0) is 4.79 Å². The van der Waals surface area contributed by atoms with Gasteiger partial charge in [-0.15, -0.1) is 0 Å². The van der Waals surface area contributed by atoms with E-state index in [1.165, 1.54) is 0 Å². The highest BCUT2D eigenvalue weighted by molar-refractivity contribution is 5.98. The zero-order chi connectivity index (χ0) is 8.39. The molecule has 0 aromatic rings. The molecule has 2 aliphatic rings. The van der Waals surface area contributed by atoms with Gasteiger partial charge in [0, 0.05) is 25.1 Å². The van der Waals surface area contributed by atoms with Crippen molar-refractivity contribution in [2.24, 2.45) is 0 Å². The predicted molar refractivity (Wildman–Crippen MR) is 46.6 cm³/mol. The third-order valence-electron chi connectivity index (χ3n) is 2.17. The minimum absolute atomic E-state index is 0.0856. The van der Waals surface area contributed by atoms with Crippen molar-refractivity contribution >= 4 is 5.78 Å². The summed E-state index contributed by atoms with van der Waals surface area (Å²) in [5.74, 6) is 0.226. The summed E-state index contributed by atoms with van der Waals surface area (Å²) in [6, 6.07) is 0. The standard InChI is InChI=1S/C9H12N2O/c12-8-4-2-1-3-7(8)9-10-5-6-11-9/h1-3,9-11H,4-6H2. The van der Waals surface area contributed by atoms with Crippen LogP contribution in [-0.4, -0.2) is 25.0 Å². The number of hydrogen-bond acceptors (Lipinski definition) is 3. The van der Waals surface area contributed by atoms with Gasteiger partial charge in [-0.3, -0.25) is 15.4 Å². The summed E-state index contributed by atoms with van der Waals surface area (Å²) < 4.78 is 0. The van der Waals surface area contributed by atoms with E-state index in [0.29, 0.717) is 6.42 Å². The summed E-state index contributed by atoms with van der Waals surface area (Å²) in [6.07, 6.45) is 6.36. The Morgan fingerprint density at radius 1 is 1.33 bits per heavy atom. The molecule has 0 bridgehead atoms. The molecule has 0 amide bonds. The second-order valence-corrected chi connectivity index (χ2v) is 3.02. The van der Waals surface area contributed by atoms with Crippen molar-refractivity contribution in [3.63, 3.8) is 0 Å². The number of carbonyl (C=O) groups excluding carboxylic acids is 1. The number of nitrogens with one attached hydrogen (secondary N) is 2. The SMILES string of the molecule is O=C1CC=CC=C1C1NCCN1. The Bertz CT molecular complexity index is 249. The van der Waals surface area contributed by atoms with Crippen LogP contribution in [0.15, 0.2) is 23.8 Å². The molecule has 0 saturated carbocycles. The lowest BCUT2D eigenvalue weighted by molar-refractivity contribution is -0.115. The molecule has 0 radical (unpaired) electrons. The zero-order valence-electron chi connectivity index (χ0n) is 6.84. The van der Waals surface area contributed by atoms with Crippen molar-refractivity contribution in [1.82, 2.24) is 10.6 Å². The zero-order valence-corrected chi connectivity index (χ0v) is 6.84. The van der Waals surface area contributed by atoms with Crippen LogP contribution in [0.1, 0.15) is 6.42 Å². The molecule has 0 spiro atoms. The average molecular weight is 164 g/mol. The fraction of sp³-hybridized carbons (Fsp3) is 0.444. The number of hydrogen-bond donors (Lipinski definition) is 2. The van der Waals surface area contributed by atoms with E-state index < -0.39 is 0 Å². The smallest absolute Gasteiger partial charge is 0.165 e. The average Bonchev–Trinajstić information content (AvgIpc) is 2.57. The molecule has 3 heteroatoms. The van der Waals surface area contributed by atoms with Gasteiger partial charge in [-0.1, -0.05) is 18.2 Å². The van der Waals surface area contributed by atoms with E-state index in [1.807, 2.05) is 18.2 Å². The molecule has 0 aromatic carbocycles. The Kier molecular flexibility index (Phi) is 2.06. The quantitative estimate of drug-likeness (QED) is 0.571. The Morgan fingerprint density at radius 2 is 2.08 bits per heavy atom. The summed E-state index contributed by atoms with van der Waals surface area (Å²) in [5, 5.41) is 6.45. The Morgan fingerprint density at radius 3 is 2.75 bits per heavy atom. The van der Waals surface area contributed by atoms with Crippen LogP contribution >= 0.6 is 0 Å². The molecule has 0 unspecified atom stereocenters. The first-order chi connectivity index (χ1) is 5.88. The molecule has 12 heavy (non-hydrogen) atoms. The maximum atomic E-state index is 11.4. The third-order valence-corrected chi connectivity index (χ3v) is 2.17. The lowest BCUT2D eigenvalue weighted by atomic mass is 10.0. The van der Waals surface area contributed by atoms with Gasteiger partial charge in [0.05, 0.1) is 6.17 Å². The molecule has 1 saturated heterocycles. The number of Topliss-reactive ketones (excluding diaryl/α,β-unsaturated/α-hetero) is 1. The normalized spacial score (nSPS) is 24.7. The largest absolute Gasteiger partial charge is 0.297 e. The van der Waals surface area contributed by atoms with Gasteiger partial charge in [-0.05, 0) is 0 Å². The van der Waals surface area contributed by atoms with Crippen LogP contribution in [0, 0.1) is 0 Å². The highest BCUT2D eigenvalue weighted by Crippen LogP contribution is 2.11. The molecule has 64 valence electrons. The van der Waals surface area contributed by atoms with Crippen LogP contribution in [0.4, 0.5) is 0 Å². The van der Waals surface area contributed by atoms with Gasteiger partial charge in [-0.2, -0.15) is 0 Å². The van der Waals surface area contributed by atoms with Crippen LogP contribution < -0.4 is 10.6 Å².